The summed E-state index contributed by atoms with van der Waals surface area (Å²) in [5.74, 6) is -1.44. The molecule has 1 aromatic heterocycles. The Hall–Kier alpha value is -2.47. The number of nitrogens with one attached hydrogen (secondary N) is 1. The second-order valence-electron chi connectivity index (χ2n) is 5.17. The second-order valence-corrected chi connectivity index (χ2v) is 5.58. The molecule has 0 fully saturated rings. The van der Waals surface area contributed by atoms with Crippen molar-refractivity contribution in [2.45, 2.75) is 6.92 Å². The Kier molecular flexibility index (Phi) is 3.77. The highest BCUT2D eigenvalue weighted by atomic mass is 35.5. The van der Waals surface area contributed by atoms with Crippen LogP contribution in [0.3, 0.4) is 0 Å². The van der Waals surface area contributed by atoms with Gasteiger partial charge in [-0.25, -0.2) is 8.78 Å². The van der Waals surface area contributed by atoms with Gasteiger partial charge in [0.05, 0.1) is 16.2 Å². The van der Waals surface area contributed by atoms with Crippen molar-refractivity contribution in [3.8, 4) is 0 Å². The van der Waals surface area contributed by atoms with Gasteiger partial charge in [-0.05, 0) is 42.8 Å². The molecule has 0 bridgehead atoms. The Labute approximate surface area is 135 Å². The number of nitrogens with zero attached hydrogens (tertiary/aromatic N) is 2. The van der Waals surface area contributed by atoms with E-state index in [9.17, 15) is 13.6 Å². The predicted molar refractivity (Wildman–Crippen MR) is 84.8 cm³/mol. The summed E-state index contributed by atoms with van der Waals surface area (Å²) < 4.78 is 28.4. The molecule has 7 heteroatoms. The summed E-state index contributed by atoms with van der Waals surface area (Å²) in [5, 5.41) is 7.35. The highest BCUT2D eigenvalue weighted by molar-refractivity contribution is 6.34. The monoisotopic (exact) mass is 335 g/mol. The summed E-state index contributed by atoms with van der Waals surface area (Å²) in [4.78, 5) is 12.4. The number of hydrogen-bond acceptors (Lipinski definition) is 2. The predicted octanol–water partition coefficient (Wildman–Crippen LogP) is 4.07. The van der Waals surface area contributed by atoms with Crippen molar-refractivity contribution in [1.29, 1.82) is 0 Å². The first-order valence-corrected chi connectivity index (χ1v) is 7.14. The minimum Gasteiger partial charge on any atom is -0.319 e. The molecule has 0 saturated heterocycles. The van der Waals surface area contributed by atoms with E-state index >= 15 is 0 Å². The Bertz CT molecular complexity index is 937. The van der Waals surface area contributed by atoms with Crippen LogP contribution in [0.25, 0.3) is 10.9 Å². The summed E-state index contributed by atoms with van der Waals surface area (Å²) in [5.41, 5.74) is 1.13. The first-order chi connectivity index (χ1) is 10.9. The number of aryl methyl sites for hydroxylation is 2. The summed E-state index contributed by atoms with van der Waals surface area (Å²) in [7, 11) is 1.61. The van der Waals surface area contributed by atoms with Crippen LogP contribution in [0.4, 0.5) is 14.5 Å². The van der Waals surface area contributed by atoms with E-state index in [0.717, 1.165) is 6.07 Å². The Morgan fingerprint density at radius 2 is 2.00 bits per heavy atom. The van der Waals surface area contributed by atoms with Gasteiger partial charge in [0, 0.05) is 12.4 Å². The molecule has 3 rings (SSSR count). The lowest BCUT2D eigenvalue weighted by Crippen LogP contribution is -2.14. The number of hydrogen-bond donors (Lipinski definition) is 1. The number of fused-ring (bicyclic) bond motifs is 1. The minimum absolute atomic E-state index is 0.111. The van der Waals surface area contributed by atoms with Crippen molar-refractivity contribution in [3.05, 3.63) is 58.2 Å². The molecule has 0 radical (unpaired) electrons. The maximum atomic E-state index is 13.6. The zero-order valence-corrected chi connectivity index (χ0v) is 13.1. The number of aromatic nitrogens is 2. The molecule has 118 valence electrons. The fourth-order valence-electron chi connectivity index (χ4n) is 2.32. The molecule has 1 heterocycles. The van der Waals surface area contributed by atoms with E-state index in [2.05, 4.69) is 10.4 Å². The molecule has 0 unspecified atom stereocenters. The van der Waals surface area contributed by atoms with Crippen LogP contribution in [0.2, 0.25) is 5.02 Å². The number of benzene rings is 2. The second kappa shape index (κ2) is 5.62. The van der Waals surface area contributed by atoms with Gasteiger partial charge in [0.1, 0.15) is 11.6 Å². The van der Waals surface area contributed by atoms with Crippen LogP contribution < -0.4 is 5.32 Å². The minimum atomic E-state index is -0.549. The van der Waals surface area contributed by atoms with Gasteiger partial charge in [0.25, 0.3) is 5.91 Å². The van der Waals surface area contributed by atoms with Crippen LogP contribution in [-0.2, 0) is 7.05 Å². The van der Waals surface area contributed by atoms with E-state index in [0.29, 0.717) is 16.5 Å². The van der Waals surface area contributed by atoms with Gasteiger partial charge >= 0.3 is 0 Å². The Morgan fingerprint density at radius 1 is 1.26 bits per heavy atom. The van der Waals surface area contributed by atoms with Gasteiger partial charge in [-0.3, -0.25) is 9.48 Å². The topological polar surface area (TPSA) is 46.9 Å². The van der Waals surface area contributed by atoms with E-state index in [1.165, 1.54) is 28.9 Å². The Balaban J connectivity index is 2.00. The number of amides is 1. The summed E-state index contributed by atoms with van der Waals surface area (Å²) in [6.07, 6.45) is 0. The third-order valence-electron chi connectivity index (χ3n) is 3.53. The molecule has 3 aromatic rings. The zero-order valence-electron chi connectivity index (χ0n) is 12.3. The fourth-order valence-corrected chi connectivity index (χ4v) is 2.59. The van der Waals surface area contributed by atoms with Gasteiger partial charge in [-0.2, -0.15) is 5.10 Å². The SMILES string of the molecule is Cc1cc(Cl)c(NC(=O)c2nn(C)c3cc(F)ccc23)cc1F. The molecule has 0 saturated carbocycles. The van der Waals surface area contributed by atoms with Crippen LogP contribution >= 0.6 is 11.6 Å². The van der Waals surface area contributed by atoms with Crippen LogP contribution in [0, 0.1) is 18.6 Å². The maximum absolute atomic E-state index is 13.6. The number of halogens is 3. The smallest absolute Gasteiger partial charge is 0.276 e. The van der Waals surface area contributed by atoms with Gasteiger partial charge in [0.2, 0.25) is 0 Å². The van der Waals surface area contributed by atoms with E-state index < -0.39 is 17.5 Å². The van der Waals surface area contributed by atoms with Crippen molar-refractivity contribution < 1.29 is 13.6 Å². The average Bonchev–Trinajstić information content (AvgIpc) is 2.81. The van der Waals surface area contributed by atoms with E-state index in [1.54, 1.807) is 14.0 Å². The molecule has 0 aliphatic heterocycles. The third kappa shape index (κ3) is 2.77. The summed E-state index contributed by atoms with van der Waals surface area (Å²) in [6, 6.07) is 6.60. The highest BCUT2D eigenvalue weighted by Crippen LogP contribution is 2.26. The lowest BCUT2D eigenvalue weighted by atomic mass is 10.2. The fraction of sp³-hybridized carbons (Fsp3) is 0.125. The molecular formula is C16H12ClF2N3O. The number of carbonyl (C=O) groups excluding carboxylic acids is 1. The van der Waals surface area contributed by atoms with Crippen molar-refractivity contribution in [2.75, 3.05) is 5.32 Å². The molecular weight excluding hydrogens is 324 g/mol. The van der Waals surface area contributed by atoms with Crippen molar-refractivity contribution in [2.24, 2.45) is 7.05 Å². The van der Waals surface area contributed by atoms with Crippen molar-refractivity contribution >= 4 is 34.1 Å². The molecule has 0 spiro atoms. The Morgan fingerprint density at radius 3 is 2.74 bits per heavy atom. The van der Waals surface area contributed by atoms with Crippen molar-refractivity contribution in [3.63, 3.8) is 0 Å². The molecule has 23 heavy (non-hydrogen) atoms. The van der Waals surface area contributed by atoms with Crippen molar-refractivity contribution in [1.82, 2.24) is 9.78 Å². The first kappa shape index (κ1) is 15.4. The third-order valence-corrected chi connectivity index (χ3v) is 3.84. The normalized spacial score (nSPS) is 11.0. The first-order valence-electron chi connectivity index (χ1n) is 6.76. The van der Waals surface area contributed by atoms with Crippen LogP contribution in [0.15, 0.2) is 30.3 Å². The highest BCUT2D eigenvalue weighted by Gasteiger charge is 2.18. The lowest BCUT2D eigenvalue weighted by Gasteiger charge is -2.07. The molecule has 1 amide bonds. The molecule has 0 aliphatic carbocycles. The summed E-state index contributed by atoms with van der Waals surface area (Å²) in [6.45, 7) is 1.58. The largest absolute Gasteiger partial charge is 0.319 e. The number of anilines is 1. The molecule has 2 aromatic carbocycles. The van der Waals surface area contributed by atoms with Gasteiger partial charge in [-0.15, -0.1) is 0 Å². The van der Waals surface area contributed by atoms with Crippen LogP contribution in [-0.4, -0.2) is 15.7 Å². The summed E-state index contributed by atoms with van der Waals surface area (Å²) >= 11 is 6.02. The number of rotatable bonds is 2. The van der Waals surface area contributed by atoms with Gasteiger partial charge < -0.3 is 5.32 Å². The standard InChI is InChI=1S/C16H12ClF2N3O/c1-8-5-11(17)13(7-12(8)19)20-16(23)15-10-4-3-9(18)6-14(10)22(2)21-15/h3-7H,1-2H3,(H,20,23). The molecule has 1 N–H and O–H groups in total. The molecule has 0 aliphatic rings. The quantitative estimate of drug-likeness (QED) is 0.767. The van der Waals surface area contributed by atoms with E-state index in [-0.39, 0.29) is 16.4 Å². The van der Waals surface area contributed by atoms with Crippen LogP contribution in [0.5, 0.6) is 0 Å². The average molecular weight is 336 g/mol. The van der Waals surface area contributed by atoms with E-state index in [4.69, 9.17) is 11.6 Å². The van der Waals surface area contributed by atoms with Crippen LogP contribution in [0.1, 0.15) is 16.1 Å². The van der Waals surface area contributed by atoms with Gasteiger partial charge in [-0.1, -0.05) is 11.6 Å². The van der Waals surface area contributed by atoms with Gasteiger partial charge in [0.15, 0.2) is 5.69 Å². The maximum Gasteiger partial charge on any atom is 0.276 e. The number of carbonyl (C=O) groups is 1. The molecule has 0 atom stereocenters. The molecule has 4 nitrogen and oxygen atoms in total. The lowest BCUT2D eigenvalue weighted by molar-refractivity contribution is 0.102. The van der Waals surface area contributed by atoms with E-state index in [1.807, 2.05) is 0 Å². The zero-order chi connectivity index (χ0) is 16.7.